The molecule has 0 spiro atoms. The maximum atomic E-state index is 10.9. The first-order chi connectivity index (χ1) is 8.74. The summed E-state index contributed by atoms with van der Waals surface area (Å²) in [5, 5.41) is 9.99. The van der Waals surface area contributed by atoms with E-state index in [2.05, 4.69) is 4.98 Å². The number of pyridine rings is 1. The molecular weight excluding hydrogens is 246 g/mol. The number of nitrogens with zero attached hydrogens (tertiary/aromatic N) is 1. The lowest BCUT2D eigenvalue weighted by molar-refractivity contribution is 0.0702. The van der Waals surface area contributed by atoms with E-state index in [0.29, 0.717) is 4.88 Å². The second-order valence-corrected chi connectivity index (χ2v) is 4.96. The minimum absolute atomic E-state index is 0.353. The number of thiophene rings is 1. The standard InChI is InChI=1S/C14H9NO2S/c16-14(17)13-6-5-12(18-13)10-4-3-9-2-1-7-15-11(9)8-10/h1-8H,(H,16,17). The highest BCUT2D eigenvalue weighted by molar-refractivity contribution is 7.17. The van der Waals surface area contributed by atoms with Crippen LogP contribution in [0.15, 0.2) is 48.7 Å². The lowest BCUT2D eigenvalue weighted by Crippen LogP contribution is -1.89. The van der Waals surface area contributed by atoms with Gasteiger partial charge in [-0.25, -0.2) is 4.79 Å². The van der Waals surface area contributed by atoms with Gasteiger partial charge in [0.05, 0.1) is 5.52 Å². The van der Waals surface area contributed by atoms with E-state index in [1.807, 2.05) is 36.4 Å². The van der Waals surface area contributed by atoms with E-state index in [9.17, 15) is 4.79 Å². The molecule has 0 unspecified atom stereocenters. The van der Waals surface area contributed by atoms with Gasteiger partial charge in [0.2, 0.25) is 0 Å². The van der Waals surface area contributed by atoms with Crippen molar-refractivity contribution >= 4 is 28.2 Å². The van der Waals surface area contributed by atoms with Crippen LogP contribution < -0.4 is 0 Å². The molecule has 3 rings (SSSR count). The third kappa shape index (κ3) is 1.87. The molecule has 0 atom stereocenters. The minimum atomic E-state index is -0.884. The van der Waals surface area contributed by atoms with E-state index in [1.165, 1.54) is 11.3 Å². The second-order valence-electron chi connectivity index (χ2n) is 3.88. The molecule has 3 nitrogen and oxygen atoms in total. The number of hydrogen-bond acceptors (Lipinski definition) is 3. The molecular formula is C14H9NO2S. The molecule has 0 fully saturated rings. The highest BCUT2D eigenvalue weighted by Crippen LogP contribution is 2.29. The topological polar surface area (TPSA) is 50.2 Å². The number of hydrogen-bond donors (Lipinski definition) is 1. The number of rotatable bonds is 2. The van der Waals surface area contributed by atoms with Gasteiger partial charge in [-0.15, -0.1) is 11.3 Å². The van der Waals surface area contributed by atoms with Crippen LogP contribution in [0.2, 0.25) is 0 Å². The molecule has 0 aliphatic carbocycles. The third-order valence-corrected chi connectivity index (χ3v) is 3.83. The fraction of sp³-hybridized carbons (Fsp3) is 0. The van der Waals surface area contributed by atoms with Crippen LogP contribution >= 0.6 is 11.3 Å². The van der Waals surface area contributed by atoms with Gasteiger partial charge < -0.3 is 5.11 Å². The molecule has 0 saturated heterocycles. The normalized spacial score (nSPS) is 10.7. The van der Waals surface area contributed by atoms with Crippen LogP contribution in [0.1, 0.15) is 9.67 Å². The van der Waals surface area contributed by atoms with Gasteiger partial charge in [-0.3, -0.25) is 4.98 Å². The van der Waals surface area contributed by atoms with Crippen molar-refractivity contribution in [3.63, 3.8) is 0 Å². The monoisotopic (exact) mass is 255 g/mol. The summed E-state index contributed by atoms with van der Waals surface area (Å²) < 4.78 is 0. The Hall–Kier alpha value is -2.20. The van der Waals surface area contributed by atoms with Crippen molar-refractivity contribution in [2.75, 3.05) is 0 Å². The SMILES string of the molecule is O=C(O)c1ccc(-c2ccc3cccnc3c2)s1. The lowest BCUT2D eigenvalue weighted by atomic mass is 10.1. The lowest BCUT2D eigenvalue weighted by Gasteiger charge is -2.00. The molecule has 3 aromatic rings. The van der Waals surface area contributed by atoms with Crippen LogP contribution in [0.25, 0.3) is 21.3 Å². The second kappa shape index (κ2) is 4.23. The van der Waals surface area contributed by atoms with E-state index in [0.717, 1.165) is 21.3 Å². The number of benzene rings is 1. The summed E-state index contributed by atoms with van der Waals surface area (Å²) >= 11 is 1.28. The van der Waals surface area contributed by atoms with Crippen molar-refractivity contribution in [3.05, 3.63) is 53.5 Å². The van der Waals surface area contributed by atoms with E-state index >= 15 is 0 Å². The smallest absolute Gasteiger partial charge is 0.345 e. The molecule has 0 saturated carbocycles. The molecule has 2 aromatic heterocycles. The Labute approximate surface area is 107 Å². The van der Waals surface area contributed by atoms with Crippen molar-refractivity contribution in [3.8, 4) is 10.4 Å². The van der Waals surface area contributed by atoms with Crippen molar-refractivity contribution in [1.82, 2.24) is 4.98 Å². The summed E-state index contributed by atoms with van der Waals surface area (Å²) in [7, 11) is 0. The zero-order chi connectivity index (χ0) is 12.5. The summed E-state index contributed by atoms with van der Waals surface area (Å²) in [6, 6.07) is 13.3. The number of carboxylic acids is 1. The molecule has 1 aromatic carbocycles. The number of carbonyl (C=O) groups is 1. The largest absolute Gasteiger partial charge is 0.477 e. The van der Waals surface area contributed by atoms with Gasteiger partial charge in [0.25, 0.3) is 0 Å². The van der Waals surface area contributed by atoms with Crippen molar-refractivity contribution in [1.29, 1.82) is 0 Å². The van der Waals surface area contributed by atoms with Crippen LogP contribution in [-0.4, -0.2) is 16.1 Å². The highest BCUT2D eigenvalue weighted by atomic mass is 32.1. The third-order valence-electron chi connectivity index (χ3n) is 2.71. The van der Waals surface area contributed by atoms with Crippen LogP contribution in [0, 0.1) is 0 Å². The summed E-state index contributed by atoms with van der Waals surface area (Å²) in [4.78, 5) is 16.5. The first-order valence-electron chi connectivity index (χ1n) is 5.42. The van der Waals surface area contributed by atoms with Crippen LogP contribution in [0.3, 0.4) is 0 Å². The van der Waals surface area contributed by atoms with E-state index in [4.69, 9.17) is 5.11 Å². The van der Waals surface area contributed by atoms with Gasteiger partial charge in [-0.1, -0.05) is 18.2 Å². The molecule has 4 heteroatoms. The van der Waals surface area contributed by atoms with Gasteiger partial charge >= 0.3 is 5.97 Å². The average molecular weight is 255 g/mol. The van der Waals surface area contributed by atoms with Gasteiger partial charge in [0.15, 0.2) is 0 Å². The fourth-order valence-electron chi connectivity index (χ4n) is 1.83. The molecule has 0 radical (unpaired) electrons. The van der Waals surface area contributed by atoms with Crippen LogP contribution in [0.5, 0.6) is 0 Å². The molecule has 0 amide bonds. The highest BCUT2D eigenvalue weighted by Gasteiger charge is 2.08. The summed E-state index contributed by atoms with van der Waals surface area (Å²) in [5.74, 6) is -0.884. The van der Waals surface area contributed by atoms with E-state index in [1.54, 1.807) is 12.3 Å². The predicted molar refractivity (Wildman–Crippen MR) is 72.0 cm³/mol. The number of aromatic carboxylic acids is 1. The maximum Gasteiger partial charge on any atom is 0.345 e. The number of carboxylic acid groups (broad SMARTS) is 1. The first-order valence-corrected chi connectivity index (χ1v) is 6.24. The Balaban J connectivity index is 2.10. The van der Waals surface area contributed by atoms with Gasteiger partial charge in [-0.05, 0) is 29.8 Å². The van der Waals surface area contributed by atoms with Crippen molar-refractivity contribution in [2.45, 2.75) is 0 Å². The van der Waals surface area contributed by atoms with Crippen molar-refractivity contribution in [2.24, 2.45) is 0 Å². The molecule has 1 N–H and O–H groups in total. The molecule has 0 aliphatic heterocycles. The Bertz CT molecular complexity index is 733. The summed E-state index contributed by atoms with van der Waals surface area (Å²) in [5.41, 5.74) is 1.92. The first kappa shape index (κ1) is 10.9. The van der Waals surface area contributed by atoms with Crippen LogP contribution in [0.4, 0.5) is 0 Å². The quantitative estimate of drug-likeness (QED) is 0.760. The van der Waals surface area contributed by atoms with E-state index in [-0.39, 0.29) is 0 Å². The molecule has 2 heterocycles. The Morgan fingerprint density at radius 2 is 2.06 bits per heavy atom. The molecule has 88 valence electrons. The Morgan fingerprint density at radius 1 is 1.17 bits per heavy atom. The number of aromatic nitrogens is 1. The van der Waals surface area contributed by atoms with Gasteiger partial charge in [0, 0.05) is 16.5 Å². The van der Waals surface area contributed by atoms with Gasteiger partial charge in [0.1, 0.15) is 4.88 Å². The zero-order valence-electron chi connectivity index (χ0n) is 9.33. The molecule has 0 bridgehead atoms. The van der Waals surface area contributed by atoms with Crippen LogP contribution in [-0.2, 0) is 0 Å². The zero-order valence-corrected chi connectivity index (χ0v) is 10.1. The van der Waals surface area contributed by atoms with Gasteiger partial charge in [-0.2, -0.15) is 0 Å². The minimum Gasteiger partial charge on any atom is -0.477 e. The van der Waals surface area contributed by atoms with Crippen molar-refractivity contribution < 1.29 is 9.90 Å². The van der Waals surface area contributed by atoms with E-state index < -0.39 is 5.97 Å². The molecule has 18 heavy (non-hydrogen) atoms. The average Bonchev–Trinajstić information content (AvgIpc) is 2.88. The fourth-order valence-corrected chi connectivity index (χ4v) is 2.67. The molecule has 0 aliphatic rings. The predicted octanol–water partition coefficient (Wildman–Crippen LogP) is 3.66. The Morgan fingerprint density at radius 3 is 2.83 bits per heavy atom. The number of fused-ring (bicyclic) bond motifs is 1. The Kier molecular flexibility index (Phi) is 2.57. The maximum absolute atomic E-state index is 10.9. The summed E-state index contributed by atoms with van der Waals surface area (Å²) in [6.45, 7) is 0. The summed E-state index contributed by atoms with van der Waals surface area (Å²) in [6.07, 6.45) is 1.75.